The van der Waals surface area contributed by atoms with Crippen LogP contribution in [0, 0.1) is 18.6 Å². The van der Waals surface area contributed by atoms with Crippen molar-refractivity contribution >= 4 is 11.6 Å². The summed E-state index contributed by atoms with van der Waals surface area (Å²) in [4.78, 5) is 19.3. The Morgan fingerprint density at radius 2 is 2.15 bits per heavy atom. The number of nitrogens with one attached hydrogen (secondary N) is 1. The molecule has 0 spiro atoms. The largest absolute Gasteiger partial charge is 0.453 e. The van der Waals surface area contributed by atoms with Crippen molar-refractivity contribution < 1.29 is 18.3 Å². The molecule has 104 valence electrons. The summed E-state index contributed by atoms with van der Waals surface area (Å²) in [6.45, 7) is 1.38. The Bertz CT molecular complexity index is 635. The molecule has 0 saturated carbocycles. The summed E-state index contributed by atoms with van der Waals surface area (Å²) in [5, 5.41) is 2.26. The molecule has 1 aromatic carbocycles. The van der Waals surface area contributed by atoms with Crippen molar-refractivity contribution in [2.24, 2.45) is 0 Å². The number of anilines is 1. The average molecular weight is 279 g/mol. The van der Waals surface area contributed by atoms with Crippen molar-refractivity contribution in [3.63, 3.8) is 0 Å². The van der Waals surface area contributed by atoms with Gasteiger partial charge in [-0.05, 0) is 25.1 Å². The van der Waals surface area contributed by atoms with Crippen LogP contribution < -0.4 is 10.1 Å². The first kappa shape index (κ1) is 13.9. The maximum Gasteiger partial charge on any atom is 0.317 e. The molecule has 2 rings (SSSR count). The molecule has 7 heteroatoms. The van der Waals surface area contributed by atoms with Gasteiger partial charge in [0.25, 0.3) is 5.91 Å². The Balaban J connectivity index is 1.92. The Morgan fingerprint density at radius 1 is 1.35 bits per heavy atom. The minimum absolute atomic E-state index is 0.0553. The zero-order valence-electron chi connectivity index (χ0n) is 10.6. The summed E-state index contributed by atoms with van der Waals surface area (Å²) in [5.74, 6) is -2.17. The van der Waals surface area contributed by atoms with Gasteiger partial charge in [-0.3, -0.25) is 4.79 Å². The number of hydrogen-bond donors (Lipinski definition) is 1. The Hall–Kier alpha value is -2.57. The summed E-state index contributed by atoms with van der Waals surface area (Å²) in [6.07, 6.45) is 1.50. The maximum absolute atomic E-state index is 13.3. The van der Waals surface area contributed by atoms with E-state index in [1.54, 1.807) is 13.0 Å². The standard InChI is InChI=1S/C13H11F2N3O2/c1-8-4-5-16-13(17-8)20-7-12(19)18-11-3-2-9(14)6-10(11)15/h2-6H,7H2,1H3,(H,18,19). The van der Waals surface area contributed by atoms with Crippen molar-refractivity contribution in [2.45, 2.75) is 6.92 Å². The predicted octanol–water partition coefficient (Wildman–Crippen LogP) is 2.08. The molecule has 1 N–H and O–H groups in total. The van der Waals surface area contributed by atoms with Crippen LogP contribution >= 0.6 is 0 Å². The molecule has 0 atom stereocenters. The van der Waals surface area contributed by atoms with E-state index < -0.39 is 17.5 Å². The van der Waals surface area contributed by atoms with E-state index in [4.69, 9.17) is 4.74 Å². The van der Waals surface area contributed by atoms with Crippen molar-refractivity contribution in [3.8, 4) is 6.01 Å². The number of benzene rings is 1. The number of ether oxygens (including phenoxy) is 1. The molecular formula is C13H11F2N3O2. The van der Waals surface area contributed by atoms with Gasteiger partial charge in [0, 0.05) is 18.0 Å². The van der Waals surface area contributed by atoms with Crippen LogP contribution in [-0.4, -0.2) is 22.5 Å². The third-order valence-corrected chi connectivity index (χ3v) is 2.31. The van der Waals surface area contributed by atoms with E-state index in [0.29, 0.717) is 11.8 Å². The molecule has 0 radical (unpaired) electrons. The third kappa shape index (κ3) is 3.71. The SMILES string of the molecule is Cc1ccnc(OCC(=O)Nc2ccc(F)cc2F)n1. The van der Waals surface area contributed by atoms with E-state index in [-0.39, 0.29) is 18.3 Å². The molecule has 2 aromatic rings. The van der Waals surface area contributed by atoms with Crippen LogP contribution in [0.25, 0.3) is 0 Å². The summed E-state index contributed by atoms with van der Waals surface area (Å²) in [7, 11) is 0. The zero-order chi connectivity index (χ0) is 14.5. The van der Waals surface area contributed by atoms with E-state index >= 15 is 0 Å². The highest BCUT2D eigenvalue weighted by Gasteiger charge is 2.09. The zero-order valence-corrected chi connectivity index (χ0v) is 10.6. The number of aromatic nitrogens is 2. The molecule has 0 saturated heterocycles. The van der Waals surface area contributed by atoms with Crippen molar-refractivity contribution in [1.29, 1.82) is 0 Å². The van der Waals surface area contributed by atoms with Gasteiger partial charge >= 0.3 is 6.01 Å². The van der Waals surface area contributed by atoms with Gasteiger partial charge in [0.05, 0.1) is 5.69 Å². The van der Waals surface area contributed by atoms with Crippen LogP contribution in [0.1, 0.15) is 5.69 Å². The van der Waals surface area contributed by atoms with Gasteiger partial charge in [0.15, 0.2) is 6.61 Å². The minimum Gasteiger partial charge on any atom is -0.453 e. The second-order valence-corrected chi connectivity index (χ2v) is 3.94. The van der Waals surface area contributed by atoms with Gasteiger partial charge < -0.3 is 10.1 Å². The second-order valence-electron chi connectivity index (χ2n) is 3.94. The average Bonchev–Trinajstić information content (AvgIpc) is 2.40. The molecule has 20 heavy (non-hydrogen) atoms. The van der Waals surface area contributed by atoms with Crippen molar-refractivity contribution in [1.82, 2.24) is 9.97 Å². The Labute approximate surface area is 113 Å². The fourth-order valence-electron chi connectivity index (χ4n) is 1.40. The van der Waals surface area contributed by atoms with Crippen molar-refractivity contribution in [3.05, 3.63) is 47.8 Å². The minimum atomic E-state index is -0.856. The summed E-state index contributed by atoms with van der Waals surface area (Å²) < 4.78 is 31.1. The van der Waals surface area contributed by atoms with E-state index in [1.807, 2.05) is 0 Å². The number of carbonyl (C=O) groups is 1. The van der Waals surface area contributed by atoms with Gasteiger partial charge in [-0.15, -0.1) is 0 Å². The molecule has 1 heterocycles. The molecule has 0 aliphatic rings. The molecule has 0 aliphatic heterocycles. The molecule has 0 unspecified atom stereocenters. The van der Waals surface area contributed by atoms with Crippen molar-refractivity contribution in [2.75, 3.05) is 11.9 Å². The lowest BCUT2D eigenvalue weighted by molar-refractivity contribution is -0.118. The quantitative estimate of drug-likeness (QED) is 0.930. The van der Waals surface area contributed by atoms with Gasteiger partial charge in [-0.1, -0.05) is 0 Å². The summed E-state index contributed by atoms with van der Waals surface area (Å²) >= 11 is 0. The number of aryl methyl sites for hydroxylation is 1. The number of nitrogens with zero attached hydrogens (tertiary/aromatic N) is 2. The van der Waals surface area contributed by atoms with E-state index in [0.717, 1.165) is 12.1 Å². The van der Waals surface area contributed by atoms with Crippen LogP contribution in [0.4, 0.5) is 14.5 Å². The molecule has 5 nitrogen and oxygen atoms in total. The Kier molecular flexibility index (Phi) is 4.19. The number of carbonyl (C=O) groups excluding carboxylic acids is 1. The fourth-order valence-corrected chi connectivity index (χ4v) is 1.40. The van der Waals surface area contributed by atoms with Gasteiger partial charge in [0.2, 0.25) is 0 Å². The summed E-state index contributed by atoms with van der Waals surface area (Å²) in [5.41, 5.74) is 0.574. The first-order chi connectivity index (χ1) is 9.54. The van der Waals surface area contributed by atoms with Gasteiger partial charge in [-0.25, -0.2) is 18.7 Å². The normalized spacial score (nSPS) is 10.2. The third-order valence-electron chi connectivity index (χ3n) is 2.31. The second kappa shape index (κ2) is 6.05. The number of amides is 1. The lowest BCUT2D eigenvalue weighted by Gasteiger charge is -2.07. The number of hydrogen-bond acceptors (Lipinski definition) is 4. The molecule has 1 aromatic heterocycles. The molecule has 0 fully saturated rings. The van der Waals surface area contributed by atoms with Gasteiger partial charge in [0.1, 0.15) is 11.6 Å². The monoisotopic (exact) mass is 279 g/mol. The maximum atomic E-state index is 13.3. The summed E-state index contributed by atoms with van der Waals surface area (Å²) in [6, 6.07) is 4.59. The highest BCUT2D eigenvalue weighted by atomic mass is 19.1. The molecule has 0 aliphatic carbocycles. The van der Waals surface area contributed by atoms with E-state index in [9.17, 15) is 13.6 Å². The topological polar surface area (TPSA) is 64.1 Å². The van der Waals surface area contributed by atoms with Crippen LogP contribution in [0.5, 0.6) is 6.01 Å². The van der Waals surface area contributed by atoms with E-state index in [1.165, 1.54) is 6.20 Å². The lowest BCUT2D eigenvalue weighted by Crippen LogP contribution is -2.21. The molecular weight excluding hydrogens is 268 g/mol. The highest BCUT2D eigenvalue weighted by molar-refractivity contribution is 5.91. The molecule has 0 bridgehead atoms. The number of rotatable bonds is 4. The highest BCUT2D eigenvalue weighted by Crippen LogP contribution is 2.14. The van der Waals surface area contributed by atoms with Crippen LogP contribution in [-0.2, 0) is 4.79 Å². The first-order valence-electron chi connectivity index (χ1n) is 5.72. The Morgan fingerprint density at radius 3 is 2.85 bits per heavy atom. The lowest BCUT2D eigenvalue weighted by atomic mass is 10.3. The van der Waals surface area contributed by atoms with Crippen LogP contribution in [0.15, 0.2) is 30.5 Å². The molecule has 1 amide bonds. The smallest absolute Gasteiger partial charge is 0.317 e. The fraction of sp³-hybridized carbons (Fsp3) is 0.154. The van der Waals surface area contributed by atoms with Crippen LogP contribution in [0.3, 0.4) is 0 Å². The first-order valence-corrected chi connectivity index (χ1v) is 5.72. The van der Waals surface area contributed by atoms with Gasteiger partial charge in [-0.2, -0.15) is 0 Å². The number of halogens is 2. The van der Waals surface area contributed by atoms with E-state index in [2.05, 4.69) is 15.3 Å². The van der Waals surface area contributed by atoms with Crippen LogP contribution in [0.2, 0.25) is 0 Å². The predicted molar refractivity (Wildman–Crippen MR) is 67.3 cm³/mol.